The summed E-state index contributed by atoms with van der Waals surface area (Å²) >= 11 is 0. The molecule has 1 aliphatic rings. The van der Waals surface area contributed by atoms with Gasteiger partial charge in [0.1, 0.15) is 18.7 Å². The number of rotatable bonds is 8. The predicted molar refractivity (Wildman–Crippen MR) is 110 cm³/mol. The quantitative estimate of drug-likeness (QED) is 0.578. The molecule has 1 aromatic rings. The molecule has 0 saturated carbocycles. The number of ether oxygens (including phenoxy) is 1. The highest BCUT2D eigenvalue weighted by atomic mass is 16.6. The fourth-order valence-electron chi connectivity index (χ4n) is 3.16. The third kappa shape index (κ3) is 6.28. The number of amides is 4. The van der Waals surface area contributed by atoms with Gasteiger partial charge in [-0.25, -0.2) is 9.69 Å². The normalized spacial score (nSPS) is 17.5. The molecule has 0 radical (unpaired) electrons. The number of benzene rings is 1. The highest BCUT2D eigenvalue weighted by molar-refractivity contribution is 6.01. The maximum absolute atomic E-state index is 13.0. The summed E-state index contributed by atoms with van der Waals surface area (Å²) in [5, 5.41) is 8.28. The molecule has 9 heteroatoms. The highest BCUT2D eigenvalue weighted by Crippen LogP contribution is 2.11. The van der Waals surface area contributed by atoms with Crippen molar-refractivity contribution in [2.24, 2.45) is 0 Å². The average molecular weight is 418 g/mol. The molecule has 3 N–H and O–H groups in total. The standard InChI is InChI=1S/C21H30N4O5/c1-4-22-18(26)15(3)25(21(29)30-13-16-9-6-5-7-10-16)20(28)14(2)24-19(27)17-11-8-12-23-17/h5-7,9-10,14-15,17,23H,4,8,11-13H2,1-3H3,(H,22,26)(H,24,27)/t14-,15-,17-/m0/s1. The lowest BCUT2D eigenvalue weighted by Gasteiger charge is -2.28. The maximum atomic E-state index is 13.0. The van der Waals surface area contributed by atoms with Crippen molar-refractivity contribution in [2.45, 2.75) is 58.3 Å². The van der Waals surface area contributed by atoms with Crippen molar-refractivity contribution < 1.29 is 23.9 Å². The molecular formula is C21H30N4O5. The van der Waals surface area contributed by atoms with Gasteiger partial charge >= 0.3 is 6.09 Å². The van der Waals surface area contributed by atoms with E-state index in [-0.39, 0.29) is 18.6 Å². The second kappa shape index (κ2) is 11.3. The summed E-state index contributed by atoms with van der Waals surface area (Å²) in [7, 11) is 0. The minimum atomic E-state index is -1.09. The summed E-state index contributed by atoms with van der Waals surface area (Å²) in [5.41, 5.74) is 0.748. The van der Waals surface area contributed by atoms with Gasteiger partial charge in [-0.3, -0.25) is 14.4 Å². The minimum absolute atomic E-state index is 0.0433. The van der Waals surface area contributed by atoms with Crippen LogP contribution in [0.4, 0.5) is 4.79 Å². The van der Waals surface area contributed by atoms with Gasteiger partial charge in [-0.1, -0.05) is 30.3 Å². The molecule has 4 amide bonds. The van der Waals surface area contributed by atoms with Gasteiger partial charge in [0.2, 0.25) is 11.8 Å². The van der Waals surface area contributed by atoms with Crippen LogP contribution in [-0.2, 0) is 25.7 Å². The van der Waals surface area contributed by atoms with Crippen molar-refractivity contribution in [3.8, 4) is 0 Å². The topological polar surface area (TPSA) is 117 Å². The van der Waals surface area contributed by atoms with Crippen LogP contribution in [-0.4, -0.2) is 59.9 Å². The third-order valence-corrected chi connectivity index (χ3v) is 4.86. The van der Waals surface area contributed by atoms with Crippen molar-refractivity contribution in [1.29, 1.82) is 0 Å². The molecule has 1 heterocycles. The van der Waals surface area contributed by atoms with Crippen LogP contribution in [0.3, 0.4) is 0 Å². The van der Waals surface area contributed by atoms with E-state index in [0.717, 1.165) is 23.4 Å². The summed E-state index contributed by atoms with van der Waals surface area (Å²) in [6.45, 7) is 5.72. The van der Waals surface area contributed by atoms with E-state index < -0.39 is 30.0 Å². The molecule has 0 spiro atoms. The fraction of sp³-hybridized carbons (Fsp3) is 0.524. The first-order valence-electron chi connectivity index (χ1n) is 10.2. The Morgan fingerprint density at radius 2 is 1.90 bits per heavy atom. The summed E-state index contributed by atoms with van der Waals surface area (Å²) < 4.78 is 5.28. The van der Waals surface area contributed by atoms with Crippen LogP contribution < -0.4 is 16.0 Å². The summed E-state index contributed by atoms with van der Waals surface area (Å²) in [6.07, 6.45) is 0.625. The van der Waals surface area contributed by atoms with Crippen LogP contribution in [0.25, 0.3) is 0 Å². The van der Waals surface area contributed by atoms with Crippen LogP contribution in [0.2, 0.25) is 0 Å². The highest BCUT2D eigenvalue weighted by Gasteiger charge is 2.36. The lowest BCUT2D eigenvalue weighted by Crippen LogP contribution is -2.57. The lowest BCUT2D eigenvalue weighted by atomic mass is 10.1. The molecule has 1 fully saturated rings. The molecule has 2 rings (SSSR count). The van der Waals surface area contributed by atoms with Gasteiger partial charge < -0.3 is 20.7 Å². The molecule has 30 heavy (non-hydrogen) atoms. The number of likely N-dealkylation sites (N-methyl/N-ethyl adjacent to an activating group) is 1. The monoisotopic (exact) mass is 418 g/mol. The fourth-order valence-corrected chi connectivity index (χ4v) is 3.16. The number of nitrogens with zero attached hydrogens (tertiary/aromatic N) is 1. The van der Waals surface area contributed by atoms with Gasteiger partial charge in [-0.15, -0.1) is 0 Å². The molecule has 0 unspecified atom stereocenters. The largest absolute Gasteiger partial charge is 0.444 e. The molecule has 9 nitrogen and oxygen atoms in total. The van der Waals surface area contributed by atoms with Crippen molar-refractivity contribution in [3.63, 3.8) is 0 Å². The second-order valence-corrected chi connectivity index (χ2v) is 7.20. The second-order valence-electron chi connectivity index (χ2n) is 7.20. The van der Waals surface area contributed by atoms with Gasteiger partial charge in [0.15, 0.2) is 0 Å². The SMILES string of the molecule is CCNC(=O)[C@H](C)N(C(=O)OCc1ccccc1)C(=O)[C@H](C)NC(=O)[C@@H]1CCCN1. The smallest absolute Gasteiger partial charge is 0.417 e. The number of carbonyl (C=O) groups is 4. The van der Waals surface area contributed by atoms with E-state index in [4.69, 9.17) is 4.74 Å². The molecule has 3 atom stereocenters. The number of nitrogens with one attached hydrogen (secondary N) is 3. The van der Waals surface area contributed by atoms with E-state index in [9.17, 15) is 19.2 Å². The number of hydrogen-bond acceptors (Lipinski definition) is 6. The van der Waals surface area contributed by atoms with Crippen LogP contribution in [0.5, 0.6) is 0 Å². The first-order valence-corrected chi connectivity index (χ1v) is 10.2. The zero-order chi connectivity index (χ0) is 22.1. The Bertz CT molecular complexity index is 749. The first-order chi connectivity index (χ1) is 14.3. The Hall–Kier alpha value is -2.94. The van der Waals surface area contributed by atoms with E-state index >= 15 is 0 Å². The first kappa shape index (κ1) is 23.3. The van der Waals surface area contributed by atoms with Crippen LogP contribution in [0.15, 0.2) is 30.3 Å². The number of hydrogen-bond donors (Lipinski definition) is 3. The summed E-state index contributed by atoms with van der Waals surface area (Å²) in [4.78, 5) is 51.1. The average Bonchev–Trinajstić information content (AvgIpc) is 3.28. The molecule has 0 bridgehead atoms. The van der Waals surface area contributed by atoms with Crippen molar-refractivity contribution in [2.75, 3.05) is 13.1 Å². The van der Waals surface area contributed by atoms with Gasteiger partial charge in [0.25, 0.3) is 5.91 Å². The molecule has 1 aromatic carbocycles. The van der Waals surface area contributed by atoms with E-state index in [1.165, 1.54) is 13.8 Å². The summed E-state index contributed by atoms with van der Waals surface area (Å²) in [6, 6.07) is 6.55. The zero-order valence-corrected chi connectivity index (χ0v) is 17.6. The van der Waals surface area contributed by atoms with Crippen molar-refractivity contribution >= 4 is 23.8 Å². The Morgan fingerprint density at radius 3 is 2.50 bits per heavy atom. The van der Waals surface area contributed by atoms with E-state index in [1.54, 1.807) is 31.2 Å². The zero-order valence-electron chi connectivity index (χ0n) is 17.6. The Kier molecular flexibility index (Phi) is 8.79. The Morgan fingerprint density at radius 1 is 1.20 bits per heavy atom. The molecule has 164 valence electrons. The predicted octanol–water partition coefficient (Wildman–Crippen LogP) is 0.933. The number of carbonyl (C=O) groups excluding carboxylic acids is 4. The van der Waals surface area contributed by atoms with Gasteiger partial charge in [-0.05, 0) is 45.7 Å². The number of imide groups is 1. The Labute approximate surface area is 176 Å². The van der Waals surface area contributed by atoms with Crippen molar-refractivity contribution in [1.82, 2.24) is 20.9 Å². The molecule has 0 aromatic heterocycles. The van der Waals surface area contributed by atoms with Gasteiger partial charge in [-0.2, -0.15) is 0 Å². The Balaban J connectivity index is 2.10. The van der Waals surface area contributed by atoms with Crippen LogP contribution in [0.1, 0.15) is 39.2 Å². The molecule has 1 saturated heterocycles. The van der Waals surface area contributed by atoms with E-state index in [0.29, 0.717) is 13.0 Å². The third-order valence-electron chi connectivity index (χ3n) is 4.86. The van der Waals surface area contributed by atoms with Crippen LogP contribution >= 0.6 is 0 Å². The minimum Gasteiger partial charge on any atom is -0.444 e. The molecule has 1 aliphatic heterocycles. The van der Waals surface area contributed by atoms with Gasteiger partial charge in [0.05, 0.1) is 6.04 Å². The maximum Gasteiger partial charge on any atom is 0.417 e. The summed E-state index contributed by atoms with van der Waals surface area (Å²) in [5.74, 6) is -1.51. The lowest BCUT2D eigenvalue weighted by molar-refractivity contribution is -0.140. The van der Waals surface area contributed by atoms with E-state index in [2.05, 4.69) is 16.0 Å². The van der Waals surface area contributed by atoms with Gasteiger partial charge in [0, 0.05) is 6.54 Å². The van der Waals surface area contributed by atoms with E-state index in [1.807, 2.05) is 6.07 Å². The van der Waals surface area contributed by atoms with Crippen LogP contribution in [0, 0.1) is 0 Å². The van der Waals surface area contributed by atoms with Crippen molar-refractivity contribution in [3.05, 3.63) is 35.9 Å². The molecule has 0 aliphatic carbocycles. The molecular weight excluding hydrogens is 388 g/mol.